The second kappa shape index (κ2) is 7.89. The van der Waals surface area contributed by atoms with Gasteiger partial charge in [-0.15, -0.1) is 0 Å². The first-order valence-corrected chi connectivity index (χ1v) is 9.00. The summed E-state index contributed by atoms with van der Waals surface area (Å²) in [6.45, 7) is 6.38. The number of carbonyl (C=O) groups excluding carboxylic acids is 1. The lowest BCUT2D eigenvalue weighted by atomic mass is 10.1. The zero-order valence-electron chi connectivity index (χ0n) is 14.9. The zero-order chi connectivity index (χ0) is 17.8. The minimum atomic E-state index is -0.462. The van der Waals surface area contributed by atoms with E-state index in [4.69, 9.17) is 4.74 Å². The van der Waals surface area contributed by atoms with E-state index in [1.54, 1.807) is 11.8 Å². The summed E-state index contributed by atoms with van der Waals surface area (Å²) in [5.74, 6) is 0. The maximum absolute atomic E-state index is 12.7. The van der Waals surface area contributed by atoms with Crippen LogP contribution in [0.5, 0.6) is 0 Å². The quantitative estimate of drug-likeness (QED) is 0.875. The molecule has 3 rings (SSSR count). The van der Waals surface area contributed by atoms with Gasteiger partial charge in [-0.3, -0.25) is 0 Å². The third-order valence-corrected chi connectivity index (χ3v) is 4.59. The maximum Gasteiger partial charge on any atom is 0.322 e. The fraction of sp³-hybridized carbons (Fsp3) is 0.526. The third-order valence-electron chi connectivity index (χ3n) is 4.59. The van der Waals surface area contributed by atoms with Gasteiger partial charge in [-0.25, -0.2) is 4.79 Å². The molecule has 0 saturated carbocycles. The molecule has 1 fully saturated rings. The lowest BCUT2D eigenvalue weighted by Gasteiger charge is -2.36. The number of nitrogens with one attached hydrogen (secondary N) is 1. The molecule has 1 aromatic carbocycles. The molecule has 1 aliphatic heterocycles. The third kappa shape index (κ3) is 4.14. The highest BCUT2D eigenvalue weighted by Crippen LogP contribution is 2.22. The number of urea groups is 1. The van der Waals surface area contributed by atoms with Crippen molar-refractivity contribution < 1.29 is 14.6 Å². The number of nitrogens with zero attached hydrogens (tertiary/aromatic N) is 2. The normalized spacial score (nSPS) is 19.2. The van der Waals surface area contributed by atoms with Crippen molar-refractivity contribution in [1.29, 1.82) is 0 Å². The van der Waals surface area contributed by atoms with Crippen molar-refractivity contribution in [2.75, 3.05) is 25.1 Å². The molecule has 2 aromatic rings. The number of rotatable bonds is 5. The molecule has 0 radical (unpaired) electrons. The number of aliphatic hydroxyl groups is 1. The Bertz CT molecular complexity index is 726. The first-order valence-electron chi connectivity index (χ1n) is 9.00. The summed E-state index contributed by atoms with van der Waals surface area (Å²) >= 11 is 0. The highest BCUT2D eigenvalue weighted by Gasteiger charge is 2.28. The zero-order valence-corrected chi connectivity index (χ0v) is 14.9. The van der Waals surface area contributed by atoms with Crippen molar-refractivity contribution in [2.24, 2.45) is 0 Å². The van der Waals surface area contributed by atoms with Crippen LogP contribution in [0.4, 0.5) is 10.5 Å². The topological polar surface area (TPSA) is 66.7 Å². The van der Waals surface area contributed by atoms with Crippen molar-refractivity contribution in [3.8, 4) is 0 Å². The summed E-state index contributed by atoms with van der Waals surface area (Å²) in [5, 5.41) is 13.8. The number of anilines is 1. The summed E-state index contributed by atoms with van der Waals surface area (Å²) in [4.78, 5) is 14.5. The van der Waals surface area contributed by atoms with Gasteiger partial charge in [0.2, 0.25) is 0 Å². The lowest BCUT2D eigenvalue weighted by molar-refractivity contribution is -0.00160. The highest BCUT2D eigenvalue weighted by atomic mass is 16.5. The summed E-state index contributed by atoms with van der Waals surface area (Å²) < 4.78 is 7.67. The van der Waals surface area contributed by atoms with Crippen LogP contribution in [0.25, 0.3) is 10.9 Å². The van der Waals surface area contributed by atoms with E-state index >= 15 is 0 Å². The summed E-state index contributed by atoms with van der Waals surface area (Å²) in [6.07, 6.45) is 3.21. The number of aromatic nitrogens is 1. The monoisotopic (exact) mass is 345 g/mol. The maximum atomic E-state index is 12.7. The van der Waals surface area contributed by atoms with Gasteiger partial charge in [-0.1, -0.05) is 13.0 Å². The number of benzene rings is 1. The SMILES string of the molecule is CCCn1ccc2ccc(NC(=O)N3CCOC[C@@H]3C[C@H](C)O)cc21. The smallest absolute Gasteiger partial charge is 0.322 e. The van der Waals surface area contributed by atoms with Gasteiger partial charge in [0.1, 0.15) is 0 Å². The van der Waals surface area contributed by atoms with Crippen LogP contribution >= 0.6 is 0 Å². The minimum Gasteiger partial charge on any atom is -0.393 e. The Morgan fingerprint density at radius 1 is 1.44 bits per heavy atom. The Morgan fingerprint density at radius 3 is 3.04 bits per heavy atom. The van der Waals surface area contributed by atoms with E-state index in [0.29, 0.717) is 26.2 Å². The second-order valence-electron chi connectivity index (χ2n) is 6.72. The van der Waals surface area contributed by atoms with Crippen LogP contribution in [0.3, 0.4) is 0 Å². The van der Waals surface area contributed by atoms with Crippen LogP contribution in [-0.2, 0) is 11.3 Å². The Kier molecular flexibility index (Phi) is 5.60. The molecule has 0 aliphatic carbocycles. The van der Waals surface area contributed by atoms with Gasteiger partial charge in [0, 0.05) is 25.0 Å². The molecule has 2 heterocycles. The molecule has 2 N–H and O–H groups in total. The average molecular weight is 345 g/mol. The molecule has 2 amide bonds. The lowest BCUT2D eigenvalue weighted by Crippen LogP contribution is -2.51. The fourth-order valence-corrected chi connectivity index (χ4v) is 3.40. The van der Waals surface area contributed by atoms with Gasteiger partial charge in [0.25, 0.3) is 0 Å². The highest BCUT2D eigenvalue weighted by molar-refractivity contribution is 5.93. The first kappa shape index (κ1) is 17.8. The molecule has 25 heavy (non-hydrogen) atoms. The van der Waals surface area contributed by atoms with E-state index in [2.05, 4.69) is 29.1 Å². The number of aryl methyl sites for hydroxylation is 1. The Balaban J connectivity index is 1.75. The van der Waals surface area contributed by atoms with Crippen molar-refractivity contribution in [2.45, 2.75) is 45.4 Å². The van der Waals surface area contributed by atoms with Crippen LogP contribution in [0, 0.1) is 0 Å². The van der Waals surface area contributed by atoms with Crippen LogP contribution in [0.15, 0.2) is 30.5 Å². The van der Waals surface area contributed by atoms with E-state index in [9.17, 15) is 9.90 Å². The molecule has 6 nitrogen and oxygen atoms in total. The van der Waals surface area contributed by atoms with E-state index in [1.807, 2.05) is 18.2 Å². The van der Waals surface area contributed by atoms with Crippen LogP contribution < -0.4 is 5.32 Å². The Hall–Kier alpha value is -2.05. The number of aliphatic hydroxyl groups excluding tert-OH is 1. The summed E-state index contributed by atoms with van der Waals surface area (Å²) in [6, 6.07) is 7.84. The van der Waals surface area contributed by atoms with Gasteiger partial charge in [0.05, 0.1) is 30.9 Å². The average Bonchev–Trinajstić information content (AvgIpc) is 2.97. The molecule has 0 bridgehead atoms. The number of hydrogen-bond donors (Lipinski definition) is 2. The van der Waals surface area contributed by atoms with Crippen molar-refractivity contribution >= 4 is 22.6 Å². The Morgan fingerprint density at radius 2 is 2.28 bits per heavy atom. The van der Waals surface area contributed by atoms with E-state index < -0.39 is 6.10 Å². The number of morpholine rings is 1. The van der Waals surface area contributed by atoms with Gasteiger partial charge in [-0.2, -0.15) is 0 Å². The predicted molar refractivity (Wildman–Crippen MR) is 98.9 cm³/mol. The molecular formula is C19H27N3O3. The second-order valence-corrected chi connectivity index (χ2v) is 6.72. The van der Waals surface area contributed by atoms with Gasteiger partial charge in [0.15, 0.2) is 0 Å². The van der Waals surface area contributed by atoms with Gasteiger partial charge in [-0.05, 0) is 43.4 Å². The molecule has 0 spiro atoms. The molecule has 1 aromatic heterocycles. The van der Waals surface area contributed by atoms with Gasteiger partial charge >= 0.3 is 6.03 Å². The fourth-order valence-electron chi connectivity index (χ4n) is 3.40. The molecule has 6 heteroatoms. The standard InChI is InChI=1S/C19H27N3O3/c1-3-7-21-8-6-15-4-5-16(12-18(15)21)20-19(24)22-9-10-25-13-17(22)11-14(2)23/h4-6,8,12,14,17,23H,3,7,9-11,13H2,1-2H3,(H,20,24)/t14-,17-/m0/s1. The van der Waals surface area contributed by atoms with E-state index in [-0.39, 0.29) is 12.1 Å². The Labute approximate surface area is 148 Å². The number of hydrogen-bond acceptors (Lipinski definition) is 3. The van der Waals surface area contributed by atoms with Crippen LogP contribution in [0.2, 0.25) is 0 Å². The van der Waals surface area contributed by atoms with Crippen LogP contribution in [0.1, 0.15) is 26.7 Å². The molecular weight excluding hydrogens is 318 g/mol. The molecule has 1 aliphatic rings. The molecule has 0 unspecified atom stereocenters. The number of fused-ring (bicyclic) bond motifs is 1. The first-order chi connectivity index (χ1) is 12.1. The summed E-state index contributed by atoms with van der Waals surface area (Å²) in [5.41, 5.74) is 1.91. The number of amides is 2. The van der Waals surface area contributed by atoms with Crippen molar-refractivity contribution in [3.05, 3.63) is 30.5 Å². The van der Waals surface area contributed by atoms with Crippen molar-refractivity contribution in [3.63, 3.8) is 0 Å². The summed E-state index contributed by atoms with van der Waals surface area (Å²) in [7, 11) is 0. The molecule has 136 valence electrons. The molecule has 1 saturated heterocycles. The predicted octanol–water partition coefficient (Wildman–Crippen LogP) is 3.05. The van der Waals surface area contributed by atoms with Gasteiger partial charge < -0.3 is 24.6 Å². The number of ether oxygens (including phenoxy) is 1. The largest absolute Gasteiger partial charge is 0.393 e. The van der Waals surface area contributed by atoms with E-state index in [1.165, 1.54) is 5.39 Å². The molecule has 2 atom stereocenters. The van der Waals surface area contributed by atoms with Crippen molar-refractivity contribution in [1.82, 2.24) is 9.47 Å². The van der Waals surface area contributed by atoms with E-state index in [0.717, 1.165) is 24.2 Å². The van der Waals surface area contributed by atoms with Crippen LogP contribution in [-0.4, -0.2) is 52.5 Å². The number of carbonyl (C=O) groups is 1. The minimum absolute atomic E-state index is 0.0959.